The van der Waals surface area contributed by atoms with Gasteiger partial charge in [-0.1, -0.05) is 43.3 Å². The summed E-state index contributed by atoms with van der Waals surface area (Å²) in [7, 11) is 1.64. The van der Waals surface area contributed by atoms with E-state index in [2.05, 4.69) is 42.2 Å². The molecule has 5 heteroatoms. The maximum absolute atomic E-state index is 13.4. The lowest BCUT2D eigenvalue weighted by Gasteiger charge is -2.18. The number of carbonyl (C=O) groups excluding carboxylic acids is 1. The minimum atomic E-state index is 0.0177. The fourth-order valence-electron chi connectivity index (χ4n) is 4.39. The minimum absolute atomic E-state index is 0.0177. The number of ether oxygens (including phenoxy) is 1. The van der Waals surface area contributed by atoms with Crippen LogP contribution in [-0.2, 0) is 13.0 Å². The number of carbonyl (C=O) groups is 1. The second kappa shape index (κ2) is 8.00. The molecule has 0 atom stereocenters. The molecule has 0 saturated carbocycles. The van der Waals surface area contributed by atoms with Gasteiger partial charge < -0.3 is 14.2 Å². The Bertz CT molecular complexity index is 1320. The number of aryl methyl sites for hydroxylation is 2. The van der Waals surface area contributed by atoms with Crippen LogP contribution in [0.5, 0.6) is 5.75 Å². The molecule has 0 unspecified atom stereocenters. The van der Waals surface area contributed by atoms with Gasteiger partial charge in [0, 0.05) is 23.5 Å². The number of imidazole rings is 1. The largest absolute Gasteiger partial charge is 0.494 e. The first-order chi connectivity index (χ1) is 15.6. The molecule has 1 aliphatic rings. The van der Waals surface area contributed by atoms with Crippen LogP contribution in [0.3, 0.4) is 0 Å². The zero-order chi connectivity index (χ0) is 22.2. The molecule has 5 nitrogen and oxygen atoms in total. The van der Waals surface area contributed by atoms with E-state index in [0.717, 1.165) is 40.2 Å². The molecule has 4 aromatic rings. The topological polar surface area (TPSA) is 47.4 Å². The highest BCUT2D eigenvalue weighted by atomic mass is 16.5. The minimum Gasteiger partial charge on any atom is -0.494 e. The summed E-state index contributed by atoms with van der Waals surface area (Å²) in [5.41, 5.74) is 8.00. The molecule has 1 aliphatic heterocycles. The molecule has 0 N–H and O–H groups in total. The van der Waals surface area contributed by atoms with E-state index in [1.165, 1.54) is 11.1 Å². The van der Waals surface area contributed by atoms with Gasteiger partial charge in [0.15, 0.2) is 0 Å². The second-order valence-electron chi connectivity index (χ2n) is 8.05. The van der Waals surface area contributed by atoms with Crippen molar-refractivity contribution in [2.75, 3.05) is 12.0 Å². The van der Waals surface area contributed by atoms with Crippen LogP contribution < -0.4 is 9.64 Å². The quantitative estimate of drug-likeness (QED) is 0.421. The van der Waals surface area contributed by atoms with Crippen molar-refractivity contribution in [3.8, 4) is 22.6 Å². The van der Waals surface area contributed by atoms with E-state index in [0.29, 0.717) is 12.3 Å². The lowest BCUT2D eigenvalue weighted by atomic mass is 9.95. The monoisotopic (exact) mass is 423 g/mol. The molecule has 32 heavy (non-hydrogen) atoms. The number of benzene rings is 3. The van der Waals surface area contributed by atoms with Crippen LogP contribution in [0.15, 0.2) is 73.2 Å². The third-order valence-electron chi connectivity index (χ3n) is 6.09. The smallest absolute Gasteiger partial charge is 0.258 e. The first-order valence-electron chi connectivity index (χ1n) is 10.8. The maximum atomic E-state index is 13.4. The predicted molar refractivity (Wildman–Crippen MR) is 127 cm³/mol. The number of rotatable bonds is 5. The van der Waals surface area contributed by atoms with Gasteiger partial charge in [-0.15, -0.1) is 0 Å². The van der Waals surface area contributed by atoms with Crippen molar-refractivity contribution >= 4 is 11.6 Å². The van der Waals surface area contributed by atoms with E-state index >= 15 is 0 Å². The summed E-state index contributed by atoms with van der Waals surface area (Å²) >= 11 is 0. The van der Waals surface area contributed by atoms with E-state index in [1.807, 2.05) is 52.9 Å². The molecule has 1 amide bonds. The van der Waals surface area contributed by atoms with Gasteiger partial charge in [-0.2, -0.15) is 0 Å². The summed E-state index contributed by atoms with van der Waals surface area (Å²) in [6, 6.07) is 20.5. The molecular weight excluding hydrogens is 398 g/mol. The Morgan fingerprint density at radius 3 is 2.62 bits per heavy atom. The normalized spacial score (nSPS) is 12.8. The average Bonchev–Trinajstić information content (AvgIpc) is 3.41. The zero-order valence-corrected chi connectivity index (χ0v) is 18.5. The fraction of sp³-hybridized carbons (Fsp3) is 0.185. The number of methoxy groups -OCH3 is 1. The highest BCUT2D eigenvalue weighted by molar-refractivity contribution is 6.10. The summed E-state index contributed by atoms with van der Waals surface area (Å²) in [5.74, 6) is 0.713. The van der Waals surface area contributed by atoms with Crippen molar-refractivity contribution in [1.29, 1.82) is 0 Å². The summed E-state index contributed by atoms with van der Waals surface area (Å²) in [6.45, 7) is 4.66. The number of nitrogens with zero attached hydrogens (tertiary/aromatic N) is 3. The summed E-state index contributed by atoms with van der Waals surface area (Å²) in [4.78, 5) is 19.5. The van der Waals surface area contributed by atoms with E-state index in [4.69, 9.17) is 4.74 Å². The first-order valence-corrected chi connectivity index (χ1v) is 10.8. The van der Waals surface area contributed by atoms with Gasteiger partial charge in [-0.25, -0.2) is 4.98 Å². The Morgan fingerprint density at radius 1 is 1.03 bits per heavy atom. The Labute approximate surface area is 187 Å². The van der Waals surface area contributed by atoms with Crippen molar-refractivity contribution in [3.63, 3.8) is 0 Å². The number of anilines is 1. The number of hydrogen-bond donors (Lipinski definition) is 0. The van der Waals surface area contributed by atoms with Crippen LogP contribution in [0, 0.1) is 6.92 Å². The zero-order valence-electron chi connectivity index (χ0n) is 18.5. The molecule has 160 valence electrons. The third-order valence-corrected chi connectivity index (χ3v) is 6.09. The predicted octanol–water partition coefficient (Wildman–Crippen LogP) is 5.58. The van der Waals surface area contributed by atoms with Gasteiger partial charge in [0.05, 0.1) is 31.4 Å². The molecule has 3 aromatic carbocycles. The molecule has 0 radical (unpaired) electrons. The Balaban J connectivity index is 1.49. The molecule has 1 aromatic heterocycles. The van der Waals surface area contributed by atoms with Crippen LogP contribution in [-0.4, -0.2) is 22.6 Å². The van der Waals surface area contributed by atoms with Gasteiger partial charge in [0.1, 0.15) is 5.75 Å². The van der Waals surface area contributed by atoms with Crippen molar-refractivity contribution in [1.82, 2.24) is 9.55 Å². The fourth-order valence-corrected chi connectivity index (χ4v) is 4.39. The lowest BCUT2D eigenvalue weighted by Crippen LogP contribution is -2.23. The standard InChI is InChI=1S/C27H25N3O2/c1-4-19-7-5-6-8-23(19)20-9-10-21-16-30(27(31)24(21)13-20)22-11-12-25(26(14-22)32-3)29-15-18(2)28-17-29/h5-15,17H,4,16H2,1-3H3. The van der Waals surface area contributed by atoms with Crippen LogP contribution >= 0.6 is 0 Å². The molecule has 2 heterocycles. The van der Waals surface area contributed by atoms with Gasteiger partial charge >= 0.3 is 0 Å². The Hall–Kier alpha value is -3.86. The van der Waals surface area contributed by atoms with E-state index in [9.17, 15) is 4.79 Å². The van der Waals surface area contributed by atoms with Crippen molar-refractivity contribution in [2.45, 2.75) is 26.8 Å². The SMILES string of the molecule is CCc1ccccc1-c1ccc2c(c1)C(=O)N(c1ccc(-n3cnc(C)c3)c(OC)c1)C2. The van der Waals surface area contributed by atoms with Crippen molar-refractivity contribution in [2.24, 2.45) is 0 Å². The van der Waals surface area contributed by atoms with Crippen molar-refractivity contribution in [3.05, 3.63) is 95.6 Å². The lowest BCUT2D eigenvalue weighted by molar-refractivity contribution is 0.0996. The van der Waals surface area contributed by atoms with Gasteiger partial charge in [0.2, 0.25) is 0 Å². The Kier molecular flexibility index (Phi) is 5.02. The third kappa shape index (κ3) is 3.36. The molecule has 0 saturated heterocycles. The molecule has 0 fully saturated rings. The number of aromatic nitrogens is 2. The summed E-state index contributed by atoms with van der Waals surface area (Å²) in [5, 5.41) is 0. The first kappa shape index (κ1) is 20.1. The summed E-state index contributed by atoms with van der Waals surface area (Å²) in [6.07, 6.45) is 4.67. The number of fused-ring (bicyclic) bond motifs is 1. The van der Waals surface area contributed by atoms with Gasteiger partial charge in [-0.3, -0.25) is 4.79 Å². The van der Waals surface area contributed by atoms with Crippen LogP contribution in [0.25, 0.3) is 16.8 Å². The van der Waals surface area contributed by atoms with Crippen LogP contribution in [0.1, 0.15) is 34.1 Å². The highest BCUT2D eigenvalue weighted by Gasteiger charge is 2.29. The van der Waals surface area contributed by atoms with Crippen LogP contribution in [0.4, 0.5) is 5.69 Å². The van der Waals surface area contributed by atoms with Gasteiger partial charge in [0.25, 0.3) is 5.91 Å². The van der Waals surface area contributed by atoms with E-state index < -0.39 is 0 Å². The van der Waals surface area contributed by atoms with Crippen LogP contribution in [0.2, 0.25) is 0 Å². The Morgan fingerprint density at radius 2 is 1.88 bits per heavy atom. The van der Waals surface area contributed by atoms with E-state index in [1.54, 1.807) is 13.4 Å². The van der Waals surface area contributed by atoms with Crippen molar-refractivity contribution < 1.29 is 9.53 Å². The molecule has 0 bridgehead atoms. The average molecular weight is 424 g/mol. The van der Waals surface area contributed by atoms with E-state index in [-0.39, 0.29) is 5.91 Å². The second-order valence-corrected chi connectivity index (χ2v) is 8.05. The molecular formula is C27H25N3O2. The molecule has 5 rings (SSSR count). The number of hydrogen-bond acceptors (Lipinski definition) is 3. The molecule has 0 spiro atoms. The number of amides is 1. The van der Waals surface area contributed by atoms with Gasteiger partial charge in [-0.05, 0) is 53.8 Å². The molecule has 0 aliphatic carbocycles. The summed E-state index contributed by atoms with van der Waals surface area (Å²) < 4.78 is 7.56. The maximum Gasteiger partial charge on any atom is 0.258 e. The highest BCUT2D eigenvalue weighted by Crippen LogP contribution is 2.35.